The molecule has 0 aliphatic heterocycles. The summed E-state index contributed by atoms with van der Waals surface area (Å²) in [6, 6.07) is 7.16. The van der Waals surface area contributed by atoms with Gasteiger partial charge < -0.3 is 4.74 Å². The molecule has 22 heavy (non-hydrogen) atoms. The van der Waals surface area contributed by atoms with Gasteiger partial charge in [-0.25, -0.2) is 14.5 Å². The van der Waals surface area contributed by atoms with E-state index in [1.54, 1.807) is 34.0 Å². The minimum Gasteiger partial charge on any atom is -0.460 e. The summed E-state index contributed by atoms with van der Waals surface area (Å²) >= 11 is 0. The maximum atomic E-state index is 12.0. The largest absolute Gasteiger partial charge is 0.460 e. The van der Waals surface area contributed by atoms with E-state index >= 15 is 0 Å². The molecule has 0 unspecified atom stereocenters. The van der Waals surface area contributed by atoms with Crippen LogP contribution in [0.3, 0.4) is 0 Å². The van der Waals surface area contributed by atoms with Crippen LogP contribution in [-0.4, -0.2) is 37.1 Å². The first kappa shape index (κ1) is 14.0. The fraction of sp³-hybridized carbons (Fsp3) is 0.200. The highest BCUT2D eigenvalue weighted by Crippen LogP contribution is 2.15. The van der Waals surface area contributed by atoms with Gasteiger partial charge in [0.05, 0.1) is 17.8 Å². The first-order valence-corrected chi connectivity index (χ1v) is 6.84. The third-order valence-electron chi connectivity index (χ3n) is 3.21. The van der Waals surface area contributed by atoms with Gasteiger partial charge in [-0.15, -0.1) is 0 Å². The van der Waals surface area contributed by atoms with Crippen LogP contribution in [0.2, 0.25) is 0 Å². The van der Waals surface area contributed by atoms with Crippen molar-refractivity contribution in [3.63, 3.8) is 0 Å². The van der Waals surface area contributed by atoms with E-state index in [4.69, 9.17) is 4.74 Å². The molecular formula is C15H15N5O2. The van der Waals surface area contributed by atoms with Crippen molar-refractivity contribution in [3.8, 4) is 5.69 Å². The second kappa shape index (κ2) is 6.21. The molecule has 0 bridgehead atoms. The fourth-order valence-corrected chi connectivity index (χ4v) is 2.12. The molecule has 2 heterocycles. The second-order valence-corrected chi connectivity index (χ2v) is 4.75. The lowest BCUT2D eigenvalue weighted by molar-refractivity contribution is 0.0487. The van der Waals surface area contributed by atoms with Crippen LogP contribution < -0.4 is 0 Å². The minimum atomic E-state index is -0.347. The Morgan fingerprint density at radius 1 is 1.32 bits per heavy atom. The number of hydrogen-bond acceptors (Lipinski definition) is 5. The van der Waals surface area contributed by atoms with E-state index in [1.165, 1.54) is 6.33 Å². The predicted octanol–water partition coefficient (Wildman–Crippen LogP) is 1.63. The Labute approximate surface area is 127 Å². The van der Waals surface area contributed by atoms with Crippen LogP contribution in [0.25, 0.3) is 5.69 Å². The fourth-order valence-electron chi connectivity index (χ4n) is 2.12. The van der Waals surface area contributed by atoms with Gasteiger partial charge in [-0.1, -0.05) is 0 Å². The number of carbonyl (C=O) groups is 1. The number of ether oxygens (including phenoxy) is 1. The zero-order valence-corrected chi connectivity index (χ0v) is 12.1. The molecule has 0 N–H and O–H groups in total. The Morgan fingerprint density at radius 3 is 2.91 bits per heavy atom. The van der Waals surface area contributed by atoms with E-state index in [-0.39, 0.29) is 12.6 Å². The maximum Gasteiger partial charge on any atom is 0.338 e. The summed E-state index contributed by atoms with van der Waals surface area (Å²) in [5, 5.41) is 8.13. The third-order valence-corrected chi connectivity index (χ3v) is 3.21. The van der Waals surface area contributed by atoms with E-state index in [2.05, 4.69) is 15.2 Å². The van der Waals surface area contributed by atoms with Gasteiger partial charge in [-0.3, -0.25) is 4.68 Å². The number of benzene rings is 1. The highest BCUT2D eigenvalue weighted by molar-refractivity contribution is 5.90. The average molecular weight is 297 g/mol. The van der Waals surface area contributed by atoms with Crippen molar-refractivity contribution in [2.75, 3.05) is 6.61 Å². The summed E-state index contributed by atoms with van der Waals surface area (Å²) in [5.41, 5.74) is 2.32. The summed E-state index contributed by atoms with van der Waals surface area (Å²) in [6.07, 6.45) is 6.60. The van der Waals surface area contributed by atoms with Crippen molar-refractivity contribution in [1.29, 1.82) is 0 Å². The van der Waals surface area contributed by atoms with Gasteiger partial charge in [0.15, 0.2) is 0 Å². The molecule has 0 aliphatic rings. The molecule has 7 heteroatoms. The predicted molar refractivity (Wildman–Crippen MR) is 78.6 cm³/mol. The molecule has 0 atom stereocenters. The SMILES string of the molecule is Cc1cc(C(=O)OCCn2cccn2)ccc1-n1cncn1. The van der Waals surface area contributed by atoms with Crippen LogP contribution in [0.1, 0.15) is 15.9 Å². The lowest BCUT2D eigenvalue weighted by atomic mass is 10.1. The molecule has 2 aromatic heterocycles. The molecule has 3 rings (SSSR count). The van der Waals surface area contributed by atoms with Crippen LogP contribution in [-0.2, 0) is 11.3 Å². The first-order valence-electron chi connectivity index (χ1n) is 6.84. The third kappa shape index (κ3) is 3.03. The summed E-state index contributed by atoms with van der Waals surface area (Å²) in [5.74, 6) is -0.347. The van der Waals surface area contributed by atoms with E-state index in [9.17, 15) is 4.79 Å². The highest BCUT2D eigenvalue weighted by atomic mass is 16.5. The Bertz CT molecular complexity index is 750. The Morgan fingerprint density at radius 2 is 2.23 bits per heavy atom. The normalized spacial score (nSPS) is 10.6. The zero-order valence-electron chi connectivity index (χ0n) is 12.1. The average Bonchev–Trinajstić information content (AvgIpc) is 3.20. The number of aryl methyl sites for hydroxylation is 1. The topological polar surface area (TPSA) is 74.8 Å². The van der Waals surface area contributed by atoms with Crippen molar-refractivity contribution in [1.82, 2.24) is 24.5 Å². The number of esters is 1. The summed E-state index contributed by atoms with van der Waals surface area (Å²) in [6.45, 7) is 2.73. The van der Waals surface area contributed by atoms with Gasteiger partial charge in [0.1, 0.15) is 19.3 Å². The van der Waals surface area contributed by atoms with Crippen molar-refractivity contribution in [3.05, 3.63) is 60.4 Å². The Hall–Kier alpha value is -2.96. The summed E-state index contributed by atoms with van der Waals surface area (Å²) in [4.78, 5) is 16.0. The molecule has 0 fully saturated rings. The van der Waals surface area contributed by atoms with Gasteiger partial charge in [0.2, 0.25) is 0 Å². The van der Waals surface area contributed by atoms with E-state index in [0.29, 0.717) is 12.1 Å². The van der Waals surface area contributed by atoms with E-state index in [1.807, 2.05) is 25.3 Å². The van der Waals surface area contributed by atoms with Crippen molar-refractivity contribution in [2.24, 2.45) is 0 Å². The monoisotopic (exact) mass is 297 g/mol. The molecule has 3 aromatic rings. The van der Waals surface area contributed by atoms with Crippen LogP contribution in [0.15, 0.2) is 49.3 Å². The Balaban J connectivity index is 1.64. The van der Waals surface area contributed by atoms with Crippen LogP contribution in [0.4, 0.5) is 0 Å². The molecule has 0 amide bonds. The molecule has 0 aliphatic carbocycles. The number of hydrogen-bond donors (Lipinski definition) is 0. The highest BCUT2D eigenvalue weighted by Gasteiger charge is 2.10. The standard InChI is InChI=1S/C15H15N5O2/c1-12-9-13(3-4-14(12)20-11-16-10-18-20)15(21)22-8-7-19-6-2-5-17-19/h2-6,9-11H,7-8H2,1H3. The van der Waals surface area contributed by atoms with Crippen LogP contribution in [0.5, 0.6) is 0 Å². The van der Waals surface area contributed by atoms with Gasteiger partial charge >= 0.3 is 5.97 Å². The molecule has 7 nitrogen and oxygen atoms in total. The van der Waals surface area contributed by atoms with Gasteiger partial charge in [0.25, 0.3) is 0 Å². The minimum absolute atomic E-state index is 0.282. The molecule has 0 saturated carbocycles. The van der Waals surface area contributed by atoms with Crippen molar-refractivity contribution < 1.29 is 9.53 Å². The lowest BCUT2D eigenvalue weighted by Crippen LogP contribution is -2.12. The van der Waals surface area contributed by atoms with Gasteiger partial charge in [0, 0.05) is 12.4 Å². The lowest BCUT2D eigenvalue weighted by Gasteiger charge is -2.08. The zero-order chi connectivity index (χ0) is 15.4. The van der Waals surface area contributed by atoms with Crippen LogP contribution in [0, 0.1) is 6.92 Å². The molecule has 1 aromatic carbocycles. The maximum absolute atomic E-state index is 12.0. The molecule has 0 spiro atoms. The van der Waals surface area contributed by atoms with Crippen molar-refractivity contribution >= 4 is 5.97 Å². The van der Waals surface area contributed by atoms with Gasteiger partial charge in [-0.2, -0.15) is 10.2 Å². The number of nitrogens with zero attached hydrogens (tertiary/aromatic N) is 5. The summed E-state index contributed by atoms with van der Waals surface area (Å²) < 4.78 is 8.62. The van der Waals surface area contributed by atoms with Crippen molar-refractivity contribution in [2.45, 2.75) is 13.5 Å². The van der Waals surface area contributed by atoms with E-state index in [0.717, 1.165) is 11.3 Å². The molecular weight excluding hydrogens is 282 g/mol. The summed E-state index contributed by atoms with van der Waals surface area (Å²) in [7, 11) is 0. The molecule has 112 valence electrons. The number of carbonyl (C=O) groups excluding carboxylic acids is 1. The van der Waals surface area contributed by atoms with E-state index < -0.39 is 0 Å². The number of aromatic nitrogens is 5. The molecule has 0 radical (unpaired) electrons. The molecule has 0 saturated heterocycles. The quantitative estimate of drug-likeness (QED) is 0.669. The van der Waals surface area contributed by atoms with Gasteiger partial charge in [-0.05, 0) is 36.8 Å². The Kier molecular flexibility index (Phi) is 3.95. The smallest absolute Gasteiger partial charge is 0.338 e. The number of rotatable bonds is 5. The second-order valence-electron chi connectivity index (χ2n) is 4.75. The van der Waals surface area contributed by atoms with Crippen LogP contribution >= 0.6 is 0 Å². The first-order chi connectivity index (χ1) is 10.7.